The molecule has 0 N–H and O–H groups in total. The van der Waals surface area contributed by atoms with Gasteiger partial charge in [0.05, 0.1) is 5.52 Å². The summed E-state index contributed by atoms with van der Waals surface area (Å²) in [7, 11) is 0. The maximum atomic E-state index is 5.79. The minimum Gasteiger partial charge on any atom is -0.253 e. The third-order valence-electron chi connectivity index (χ3n) is 2.16. The van der Waals surface area contributed by atoms with Gasteiger partial charge in [0, 0.05) is 17.0 Å². The maximum Gasteiger partial charge on any atom is 0.0705 e. The fourth-order valence-corrected chi connectivity index (χ4v) is 1.66. The zero-order valence-electron chi connectivity index (χ0n) is 7.83. The highest BCUT2D eigenvalue weighted by Gasteiger charge is 2.00. The van der Waals surface area contributed by atoms with Crippen LogP contribution in [0.1, 0.15) is 11.3 Å². The molecule has 3 heteroatoms. The Balaban J connectivity index is 0.000000980. The summed E-state index contributed by atoms with van der Waals surface area (Å²) in [5.41, 5.74) is 3.17. The zero-order valence-corrected chi connectivity index (χ0v) is 9.40. The van der Waals surface area contributed by atoms with Gasteiger partial charge in [-0.1, -0.05) is 18.2 Å². The molecule has 2 aromatic rings. The molecule has 0 spiro atoms. The van der Waals surface area contributed by atoms with Crippen molar-refractivity contribution in [3.8, 4) is 0 Å². The van der Waals surface area contributed by atoms with Crippen LogP contribution < -0.4 is 0 Å². The fraction of sp³-hybridized carbons (Fsp3) is 0.182. The SMILES string of the molecule is Cc1nc2ccccc2cc1CCl.Cl. The monoisotopic (exact) mass is 227 g/mol. The molecule has 0 bridgehead atoms. The Morgan fingerprint density at radius 3 is 2.71 bits per heavy atom. The molecule has 14 heavy (non-hydrogen) atoms. The summed E-state index contributed by atoms with van der Waals surface area (Å²) >= 11 is 5.79. The predicted octanol–water partition coefficient (Wildman–Crippen LogP) is 3.70. The largest absolute Gasteiger partial charge is 0.253 e. The van der Waals surface area contributed by atoms with E-state index < -0.39 is 0 Å². The van der Waals surface area contributed by atoms with Gasteiger partial charge in [0.2, 0.25) is 0 Å². The number of para-hydroxylation sites is 1. The molecule has 0 atom stereocenters. The summed E-state index contributed by atoms with van der Waals surface area (Å²) in [5, 5.41) is 1.16. The molecular formula is C11H11Cl2N. The number of hydrogen-bond acceptors (Lipinski definition) is 1. The molecule has 0 fully saturated rings. The Morgan fingerprint density at radius 2 is 2.00 bits per heavy atom. The van der Waals surface area contributed by atoms with Crippen molar-refractivity contribution in [3.05, 3.63) is 41.6 Å². The van der Waals surface area contributed by atoms with E-state index >= 15 is 0 Å². The lowest BCUT2D eigenvalue weighted by Crippen LogP contribution is -1.90. The van der Waals surface area contributed by atoms with Crippen LogP contribution in [0.4, 0.5) is 0 Å². The average Bonchev–Trinajstić information content (AvgIpc) is 2.17. The summed E-state index contributed by atoms with van der Waals surface area (Å²) in [5.74, 6) is 0.531. The molecule has 0 aliphatic heterocycles. The number of fused-ring (bicyclic) bond motifs is 1. The number of aromatic nitrogens is 1. The Kier molecular flexibility index (Phi) is 3.73. The highest BCUT2D eigenvalue weighted by molar-refractivity contribution is 6.17. The molecule has 0 amide bonds. The normalized spacial score (nSPS) is 9.86. The predicted molar refractivity (Wildman–Crippen MR) is 63.3 cm³/mol. The van der Waals surface area contributed by atoms with Crippen molar-refractivity contribution >= 4 is 34.9 Å². The van der Waals surface area contributed by atoms with Gasteiger partial charge in [-0.15, -0.1) is 24.0 Å². The van der Waals surface area contributed by atoms with Crippen LogP contribution in [0.15, 0.2) is 30.3 Å². The quantitative estimate of drug-likeness (QED) is 0.678. The van der Waals surface area contributed by atoms with Crippen LogP contribution in [0.2, 0.25) is 0 Å². The lowest BCUT2D eigenvalue weighted by Gasteiger charge is -2.03. The van der Waals surface area contributed by atoms with Crippen LogP contribution in [0.3, 0.4) is 0 Å². The second kappa shape index (κ2) is 4.63. The summed E-state index contributed by atoms with van der Waals surface area (Å²) in [6.45, 7) is 1.99. The summed E-state index contributed by atoms with van der Waals surface area (Å²) in [4.78, 5) is 4.46. The Hall–Kier alpha value is -0.790. The fourth-order valence-electron chi connectivity index (χ4n) is 1.39. The highest BCUT2D eigenvalue weighted by Crippen LogP contribution is 2.17. The number of aryl methyl sites for hydroxylation is 1. The summed E-state index contributed by atoms with van der Waals surface area (Å²) < 4.78 is 0. The van der Waals surface area contributed by atoms with Crippen molar-refractivity contribution in [2.24, 2.45) is 0 Å². The highest BCUT2D eigenvalue weighted by atomic mass is 35.5. The zero-order chi connectivity index (χ0) is 9.26. The van der Waals surface area contributed by atoms with E-state index in [9.17, 15) is 0 Å². The summed E-state index contributed by atoms with van der Waals surface area (Å²) in [6.07, 6.45) is 0. The van der Waals surface area contributed by atoms with Crippen LogP contribution in [-0.4, -0.2) is 4.98 Å². The van der Waals surface area contributed by atoms with Crippen LogP contribution >= 0.6 is 24.0 Å². The topological polar surface area (TPSA) is 12.9 Å². The summed E-state index contributed by atoms with van der Waals surface area (Å²) in [6, 6.07) is 10.2. The van der Waals surface area contributed by atoms with Crippen molar-refractivity contribution in [1.29, 1.82) is 0 Å². The first-order valence-electron chi connectivity index (χ1n) is 4.22. The van der Waals surface area contributed by atoms with E-state index in [2.05, 4.69) is 17.1 Å². The van der Waals surface area contributed by atoms with Gasteiger partial charge in [0.25, 0.3) is 0 Å². The van der Waals surface area contributed by atoms with Gasteiger partial charge in [-0.25, -0.2) is 0 Å². The second-order valence-corrected chi connectivity index (χ2v) is 3.33. The third kappa shape index (κ3) is 1.99. The average molecular weight is 228 g/mol. The Morgan fingerprint density at radius 1 is 1.29 bits per heavy atom. The Labute approximate surface area is 94.5 Å². The molecule has 1 aromatic heterocycles. The van der Waals surface area contributed by atoms with Crippen LogP contribution in [0, 0.1) is 6.92 Å². The molecule has 1 aromatic carbocycles. The molecule has 1 heterocycles. The van der Waals surface area contributed by atoms with Crippen molar-refractivity contribution in [2.75, 3.05) is 0 Å². The molecule has 1 nitrogen and oxygen atoms in total. The molecule has 0 saturated carbocycles. The first-order valence-corrected chi connectivity index (χ1v) is 4.76. The van der Waals surface area contributed by atoms with Crippen molar-refractivity contribution in [1.82, 2.24) is 4.98 Å². The smallest absolute Gasteiger partial charge is 0.0705 e. The van der Waals surface area contributed by atoms with Crippen LogP contribution in [0.25, 0.3) is 10.9 Å². The molecule has 0 radical (unpaired) electrons. The lowest BCUT2D eigenvalue weighted by molar-refractivity contribution is 1.18. The first-order chi connectivity index (χ1) is 6.31. The molecule has 0 unspecified atom stereocenters. The van der Waals surface area contributed by atoms with Gasteiger partial charge in [-0.2, -0.15) is 0 Å². The van der Waals surface area contributed by atoms with E-state index in [0.717, 1.165) is 22.2 Å². The molecule has 0 aliphatic carbocycles. The standard InChI is InChI=1S/C11H10ClN.ClH/c1-8-10(7-12)6-9-4-2-3-5-11(9)13-8;/h2-6H,7H2,1H3;1H. The van der Waals surface area contributed by atoms with Gasteiger partial charge in [-0.05, 0) is 24.6 Å². The number of halogens is 2. The number of nitrogens with zero attached hydrogens (tertiary/aromatic N) is 1. The second-order valence-electron chi connectivity index (χ2n) is 3.06. The first kappa shape index (κ1) is 11.3. The van der Waals surface area contributed by atoms with Gasteiger partial charge >= 0.3 is 0 Å². The minimum absolute atomic E-state index is 0. The van der Waals surface area contributed by atoms with Gasteiger partial charge < -0.3 is 0 Å². The van der Waals surface area contributed by atoms with E-state index in [1.165, 1.54) is 0 Å². The van der Waals surface area contributed by atoms with Crippen LogP contribution in [0.5, 0.6) is 0 Å². The van der Waals surface area contributed by atoms with E-state index in [1.807, 2.05) is 25.1 Å². The van der Waals surface area contributed by atoms with Crippen molar-refractivity contribution < 1.29 is 0 Å². The van der Waals surface area contributed by atoms with Crippen LogP contribution in [-0.2, 0) is 5.88 Å². The molecule has 0 saturated heterocycles. The van der Waals surface area contributed by atoms with Crippen molar-refractivity contribution in [2.45, 2.75) is 12.8 Å². The molecule has 0 aliphatic rings. The lowest BCUT2D eigenvalue weighted by atomic mass is 10.1. The number of hydrogen-bond donors (Lipinski definition) is 0. The number of rotatable bonds is 1. The van der Waals surface area contributed by atoms with E-state index in [4.69, 9.17) is 11.6 Å². The van der Waals surface area contributed by atoms with E-state index in [1.54, 1.807) is 0 Å². The van der Waals surface area contributed by atoms with Gasteiger partial charge in [0.15, 0.2) is 0 Å². The number of alkyl halides is 1. The third-order valence-corrected chi connectivity index (χ3v) is 2.45. The molecule has 2 rings (SSSR count). The van der Waals surface area contributed by atoms with E-state index in [-0.39, 0.29) is 12.4 Å². The number of benzene rings is 1. The molecular weight excluding hydrogens is 217 g/mol. The molecule has 74 valence electrons. The Bertz CT molecular complexity index is 440. The van der Waals surface area contributed by atoms with Gasteiger partial charge in [-0.3, -0.25) is 4.98 Å². The van der Waals surface area contributed by atoms with E-state index in [0.29, 0.717) is 5.88 Å². The maximum absolute atomic E-state index is 5.79. The van der Waals surface area contributed by atoms with Gasteiger partial charge in [0.1, 0.15) is 0 Å². The minimum atomic E-state index is 0. The number of pyridine rings is 1. The van der Waals surface area contributed by atoms with Crippen molar-refractivity contribution in [3.63, 3.8) is 0 Å².